The Morgan fingerprint density at radius 2 is 1.85 bits per heavy atom. The Labute approximate surface area is 114 Å². The maximum absolute atomic E-state index is 13.0. The van der Waals surface area contributed by atoms with Crippen molar-refractivity contribution >= 4 is 17.5 Å². The molecule has 0 saturated carbocycles. The molecule has 0 radical (unpaired) electrons. The molecule has 1 aromatic carbocycles. The lowest BCUT2D eigenvalue weighted by Gasteiger charge is -2.28. The van der Waals surface area contributed by atoms with E-state index < -0.39 is 29.6 Å². The lowest BCUT2D eigenvalue weighted by Crippen LogP contribution is -2.45. The smallest absolute Gasteiger partial charge is 0.313 e. The summed E-state index contributed by atoms with van der Waals surface area (Å²) in [6.07, 6.45) is 0.391. The first kappa shape index (κ1) is 14.4. The molecule has 0 aromatic heterocycles. The molecule has 7 heteroatoms. The second-order valence-electron chi connectivity index (χ2n) is 4.61. The van der Waals surface area contributed by atoms with Crippen molar-refractivity contribution in [1.82, 2.24) is 4.90 Å². The maximum atomic E-state index is 13.0. The van der Waals surface area contributed by atoms with Crippen molar-refractivity contribution in [1.29, 1.82) is 0 Å². The van der Waals surface area contributed by atoms with E-state index >= 15 is 0 Å². The minimum Gasteiger partial charge on any atom is -0.393 e. The average Bonchev–Trinajstić information content (AvgIpc) is 2.43. The van der Waals surface area contributed by atoms with Crippen LogP contribution >= 0.6 is 0 Å². The number of piperidine rings is 1. The largest absolute Gasteiger partial charge is 0.393 e. The normalized spacial score (nSPS) is 16.1. The van der Waals surface area contributed by atoms with Gasteiger partial charge in [0.1, 0.15) is 0 Å². The Kier molecular flexibility index (Phi) is 4.29. The summed E-state index contributed by atoms with van der Waals surface area (Å²) < 4.78 is 25.7. The van der Waals surface area contributed by atoms with Gasteiger partial charge in [0.2, 0.25) is 0 Å². The summed E-state index contributed by atoms with van der Waals surface area (Å²) in [7, 11) is 0. The number of anilines is 1. The maximum Gasteiger partial charge on any atom is 0.313 e. The SMILES string of the molecule is O=C(Nc1ccc(F)c(F)c1)C(=O)N1CCC(O)CC1. The summed E-state index contributed by atoms with van der Waals surface area (Å²) in [6.45, 7) is 0.594. The van der Waals surface area contributed by atoms with Gasteiger partial charge >= 0.3 is 11.8 Å². The zero-order valence-electron chi connectivity index (χ0n) is 10.6. The summed E-state index contributed by atoms with van der Waals surface area (Å²) in [6, 6.07) is 2.84. The lowest BCUT2D eigenvalue weighted by atomic mass is 10.1. The van der Waals surface area contributed by atoms with Gasteiger partial charge in [-0.2, -0.15) is 0 Å². The van der Waals surface area contributed by atoms with Crippen LogP contribution in [0.15, 0.2) is 18.2 Å². The number of rotatable bonds is 1. The average molecular weight is 284 g/mol. The Morgan fingerprint density at radius 3 is 2.45 bits per heavy atom. The molecular weight excluding hydrogens is 270 g/mol. The first-order valence-electron chi connectivity index (χ1n) is 6.21. The number of carbonyl (C=O) groups excluding carboxylic acids is 2. The molecule has 0 atom stereocenters. The van der Waals surface area contributed by atoms with Crippen molar-refractivity contribution in [2.24, 2.45) is 0 Å². The molecule has 1 aromatic rings. The number of aliphatic hydroxyl groups excluding tert-OH is 1. The number of hydrogen-bond acceptors (Lipinski definition) is 3. The molecular formula is C13H14F2N2O3. The quantitative estimate of drug-likeness (QED) is 0.752. The van der Waals surface area contributed by atoms with Crippen LogP contribution in [0.1, 0.15) is 12.8 Å². The second kappa shape index (κ2) is 5.96. The van der Waals surface area contributed by atoms with Crippen LogP contribution < -0.4 is 5.32 Å². The highest BCUT2D eigenvalue weighted by Gasteiger charge is 2.26. The summed E-state index contributed by atoms with van der Waals surface area (Å²) in [5.41, 5.74) is 0.0132. The van der Waals surface area contributed by atoms with Crippen LogP contribution in [0.4, 0.5) is 14.5 Å². The van der Waals surface area contributed by atoms with Crippen molar-refractivity contribution in [3.05, 3.63) is 29.8 Å². The van der Waals surface area contributed by atoms with E-state index in [1.165, 1.54) is 11.0 Å². The zero-order valence-corrected chi connectivity index (χ0v) is 10.6. The van der Waals surface area contributed by atoms with Gasteiger partial charge in [-0.1, -0.05) is 0 Å². The minimum absolute atomic E-state index is 0.0132. The van der Waals surface area contributed by atoms with E-state index in [1.807, 2.05) is 0 Å². The summed E-state index contributed by atoms with van der Waals surface area (Å²) >= 11 is 0. The third kappa shape index (κ3) is 3.30. The molecule has 0 aliphatic carbocycles. The second-order valence-corrected chi connectivity index (χ2v) is 4.61. The fourth-order valence-electron chi connectivity index (χ4n) is 1.97. The molecule has 20 heavy (non-hydrogen) atoms. The molecule has 1 heterocycles. The first-order valence-corrected chi connectivity index (χ1v) is 6.21. The number of halogens is 2. The zero-order chi connectivity index (χ0) is 14.7. The van der Waals surface area contributed by atoms with Gasteiger partial charge in [-0.3, -0.25) is 9.59 Å². The Morgan fingerprint density at radius 1 is 1.20 bits per heavy atom. The van der Waals surface area contributed by atoms with E-state index in [-0.39, 0.29) is 5.69 Å². The van der Waals surface area contributed by atoms with Gasteiger partial charge in [0, 0.05) is 24.8 Å². The fourth-order valence-corrected chi connectivity index (χ4v) is 1.97. The van der Waals surface area contributed by atoms with E-state index in [2.05, 4.69) is 5.32 Å². The number of nitrogens with one attached hydrogen (secondary N) is 1. The third-order valence-corrected chi connectivity index (χ3v) is 3.12. The number of benzene rings is 1. The van der Waals surface area contributed by atoms with Crippen LogP contribution in [-0.2, 0) is 9.59 Å². The molecule has 1 saturated heterocycles. The summed E-state index contributed by atoms with van der Waals surface area (Å²) in [5.74, 6) is -3.79. The molecule has 5 nitrogen and oxygen atoms in total. The molecule has 1 fully saturated rings. The molecule has 0 spiro atoms. The number of nitrogens with zero attached hydrogens (tertiary/aromatic N) is 1. The van der Waals surface area contributed by atoms with E-state index in [1.54, 1.807) is 0 Å². The first-order chi connectivity index (χ1) is 9.47. The molecule has 2 amide bonds. The molecule has 1 aliphatic rings. The Hall–Kier alpha value is -2.02. The molecule has 2 N–H and O–H groups in total. The van der Waals surface area contributed by atoms with E-state index in [0.29, 0.717) is 25.9 Å². The minimum atomic E-state index is -1.10. The van der Waals surface area contributed by atoms with E-state index in [9.17, 15) is 23.5 Å². The van der Waals surface area contributed by atoms with Crippen molar-refractivity contribution in [2.75, 3.05) is 18.4 Å². The van der Waals surface area contributed by atoms with Gasteiger partial charge in [0.05, 0.1) is 6.10 Å². The van der Waals surface area contributed by atoms with Crippen LogP contribution in [0, 0.1) is 11.6 Å². The van der Waals surface area contributed by atoms with Gasteiger partial charge in [-0.15, -0.1) is 0 Å². The standard InChI is InChI=1S/C13H14F2N2O3/c14-10-2-1-8(7-11(10)15)16-12(19)13(20)17-5-3-9(18)4-6-17/h1-2,7,9,18H,3-6H2,(H,16,19). The summed E-state index contributed by atoms with van der Waals surface area (Å²) in [5, 5.41) is 11.5. The van der Waals surface area contributed by atoms with Crippen molar-refractivity contribution in [2.45, 2.75) is 18.9 Å². The predicted octanol–water partition coefficient (Wildman–Crippen LogP) is 0.887. The van der Waals surface area contributed by atoms with E-state index in [0.717, 1.165) is 12.1 Å². The monoisotopic (exact) mass is 284 g/mol. The van der Waals surface area contributed by atoms with Gasteiger partial charge in [-0.05, 0) is 25.0 Å². The molecule has 0 unspecified atom stereocenters. The Bertz CT molecular complexity index is 528. The number of amides is 2. The number of hydrogen-bond donors (Lipinski definition) is 2. The lowest BCUT2D eigenvalue weighted by molar-refractivity contribution is -0.144. The van der Waals surface area contributed by atoms with Crippen LogP contribution in [0.2, 0.25) is 0 Å². The van der Waals surface area contributed by atoms with Crippen molar-refractivity contribution in [3.8, 4) is 0 Å². The van der Waals surface area contributed by atoms with Crippen LogP contribution in [-0.4, -0.2) is 41.0 Å². The number of likely N-dealkylation sites (tertiary alicyclic amines) is 1. The third-order valence-electron chi connectivity index (χ3n) is 3.12. The highest BCUT2D eigenvalue weighted by molar-refractivity contribution is 6.39. The van der Waals surface area contributed by atoms with Crippen molar-refractivity contribution < 1.29 is 23.5 Å². The van der Waals surface area contributed by atoms with E-state index in [4.69, 9.17) is 0 Å². The number of aliphatic hydroxyl groups is 1. The topological polar surface area (TPSA) is 69.6 Å². The van der Waals surface area contributed by atoms with Gasteiger partial charge < -0.3 is 15.3 Å². The van der Waals surface area contributed by atoms with Gasteiger partial charge in [-0.25, -0.2) is 8.78 Å². The fraction of sp³-hybridized carbons (Fsp3) is 0.385. The molecule has 108 valence electrons. The van der Waals surface area contributed by atoms with Crippen LogP contribution in [0.25, 0.3) is 0 Å². The molecule has 2 rings (SSSR count). The van der Waals surface area contributed by atoms with Crippen molar-refractivity contribution in [3.63, 3.8) is 0 Å². The predicted molar refractivity (Wildman–Crippen MR) is 66.8 cm³/mol. The van der Waals surface area contributed by atoms with Crippen LogP contribution in [0.3, 0.4) is 0 Å². The van der Waals surface area contributed by atoms with Gasteiger partial charge in [0.15, 0.2) is 11.6 Å². The van der Waals surface area contributed by atoms with Crippen LogP contribution in [0.5, 0.6) is 0 Å². The highest BCUT2D eigenvalue weighted by Crippen LogP contribution is 2.14. The summed E-state index contributed by atoms with van der Waals surface area (Å²) in [4.78, 5) is 24.9. The highest BCUT2D eigenvalue weighted by atomic mass is 19.2. The molecule has 0 bridgehead atoms. The van der Waals surface area contributed by atoms with Gasteiger partial charge in [0.25, 0.3) is 0 Å². The number of carbonyl (C=O) groups is 2. The Balaban J connectivity index is 1.97. The molecule has 1 aliphatic heterocycles.